The van der Waals surface area contributed by atoms with Crippen LogP contribution >= 0.6 is 0 Å². The van der Waals surface area contributed by atoms with E-state index in [9.17, 15) is 9.59 Å². The molecule has 0 saturated carbocycles. The fraction of sp³-hybridized carbons (Fsp3) is 0.643. The van der Waals surface area contributed by atoms with E-state index in [1.165, 1.54) is 0 Å². The zero-order chi connectivity index (χ0) is 14.5. The lowest BCUT2D eigenvalue weighted by molar-refractivity contribution is -0.134. The summed E-state index contributed by atoms with van der Waals surface area (Å²) in [6, 6.07) is 1.88. The molecule has 2 unspecified atom stereocenters. The van der Waals surface area contributed by atoms with Gasteiger partial charge >= 0.3 is 0 Å². The third-order valence-corrected chi connectivity index (χ3v) is 3.65. The highest BCUT2D eigenvalue weighted by atomic mass is 16.2. The van der Waals surface area contributed by atoms with Gasteiger partial charge in [0.05, 0.1) is 12.5 Å². The maximum atomic E-state index is 12.2. The molecule has 1 fully saturated rings. The zero-order valence-corrected chi connectivity index (χ0v) is 12.1. The highest BCUT2D eigenvalue weighted by molar-refractivity contribution is 5.80. The Hall–Kier alpha value is -1.85. The van der Waals surface area contributed by atoms with Gasteiger partial charge in [0.15, 0.2) is 0 Å². The van der Waals surface area contributed by atoms with Crippen molar-refractivity contribution in [1.82, 2.24) is 20.0 Å². The molecule has 1 N–H and O–H groups in total. The van der Waals surface area contributed by atoms with Crippen LogP contribution in [0.25, 0.3) is 0 Å². The quantitative estimate of drug-likeness (QED) is 0.879. The Morgan fingerprint density at radius 1 is 1.50 bits per heavy atom. The van der Waals surface area contributed by atoms with Crippen molar-refractivity contribution >= 4 is 11.8 Å². The van der Waals surface area contributed by atoms with E-state index in [0.717, 1.165) is 19.4 Å². The normalized spacial score (nSPS) is 20.5. The van der Waals surface area contributed by atoms with Crippen molar-refractivity contribution in [3.8, 4) is 0 Å². The number of hydrogen-bond acceptors (Lipinski definition) is 3. The van der Waals surface area contributed by atoms with Gasteiger partial charge in [-0.05, 0) is 25.8 Å². The first kappa shape index (κ1) is 14.6. The molecule has 0 aliphatic carbocycles. The highest BCUT2D eigenvalue weighted by Crippen LogP contribution is 2.16. The average molecular weight is 278 g/mol. The summed E-state index contributed by atoms with van der Waals surface area (Å²) in [6.45, 7) is 5.48. The number of likely N-dealkylation sites (tertiary alicyclic amines) is 1. The van der Waals surface area contributed by atoms with Crippen molar-refractivity contribution in [2.45, 2.75) is 39.3 Å². The summed E-state index contributed by atoms with van der Waals surface area (Å²) in [7, 11) is 0. The van der Waals surface area contributed by atoms with Crippen LogP contribution in [-0.2, 0) is 16.1 Å². The number of carbonyl (C=O) groups is 2. The van der Waals surface area contributed by atoms with E-state index in [1.807, 2.05) is 19.2 Å². The first-order valence-electron chi connectivity index (χ1n) is 7.09. The summed E-state index contributed by atoms with van der Waals surface area (Å²) < 4.78 is 1.80. The van der Waals surface area contributed by atoms with Gasteiger partial charge in [-0.15, -0.1) is 0 Å². The molecule has 2 rings (SSSR count). The van der Waals surface area contributed by atoms with Crippen LogP contribution in [0.2, 0.25) is 0 Å². The smallest absolute Gasteiger partial charge is 0.225 e. The van der Waals surface area contributed by atoms with E-state index in [-0.39, 0.29) is 23.8 Å². The van der Waals surface area contributed by atoms with E-state index in [0.29, 0.717) is 13.1 Å². The molecule has 1 aliphatic heterocycles. The van der Waals surface area contributed by atoms with Crippen LogP contribution < -0.4 is 5.32 Å². The zero-order valence-electron chi connectivity index (χ0n) is 12.1. The first-order chi connectivity index (χ1) is 9.56. The number of hydrogen-bond donors (Lipinski definition) is 1. The minimum Gasteiger partial charge on any atom is -0.351 e. The molecule has 1 aromatic heterocycles. The van der Waals surface area contributed by atoms with Gasteiger partial charge in [-0.2, -0.15) is 5.10 Å². The van der Waals surface area contributed by atoms with Crippen molar-refractivity contribution in [3.63, 3.8) is 0 Å². The van der Waals surface area contributed by atoms with E-state index in [4.69, 9.17) is 0 Å². The molecule has 0 bridgehead atoms. The van der Waals surface area contributed by atoms with Crippen LogP contribution in [0.4, 0.5) is 0 Å². The SMILES string of the molecule is CC(=O)N1CCCC(C(=O)NC(C)Cn2cccn2)C1. The Labute approximate surface area is 119 Å². The molecule has 20 heavy (non-hydrogen) atoms. The van der Waals surface area contributed by atoms with Crippen molar-refractivity contribution in [3.05, 3.63) is 18.5 Å². The Kier molecular flexibility index (Phi) is 4.76. The molecule has 0 aromatic carbocycles. The van der Waals surface area contributed by atoms with Crippen molar-refractivity contribution in [2.24, 2.45) is 5.92 Å². The molecule has 6 heteroatoms. The number of amides is 2. The lowest BCUT2D eigenvalue weighted by atomic mass is 9.97. The van der Waals surface area contributed by atoms with Crippen LogP contribution in [-0.4, -0.2) is 45.6 Å². The number of nitrogens with one attached hydrogen (secondary N) is 1. The Morgan fingerprint density at radius 3 is 2.95 bits per heavy atom. The lowest BCUT2D eigenvalue weighted by Crippen LogP contribution is -2.47. The van der Waals surface area contributed by atoms with Gasteiger partial charge in [0.1, 0.15) is 0 Å². The Morgan fingerprint density at radius 2 is 2.30 bits per heavy atom. The summed E-state index contributed by atoms with van der Waals surface area (Å²) in [6.07, 6.45) is 5.34. The van der Waals surface area contributed by atoms with Crippen LogP contribution in [0.15, 0.2) is 18.5 Å². The summed E-state index contributed by atoms with van der Waals surface area (Å²) in [5, 5.41) is 7.13. The highest BCUT2D eigenvalue weighted by Gasteiger charge is 2.27. The lowest BCUT2D eigenvalue weighted by Gasteiger charge is -2.31. The Bertz CT molecular complexity index is 458. The van der Waals surface area contributed by atoms with Crippen LogP contribution in [0.5, 0.6) is 0 Å². The third-order valence-electron chi connectivity index (χ3n) is 3.65. The molecule has 110 valence electrons. The van der Waals surface area contributed by atoms with Crippen molar-refractivity contribution < 1.29 is 9.59 Å². The molecule has 2 amide bonds. The van der Waals surface area contributed by atoms with E-state index in [1.54, 1.807) is 22.7 Å². The minimum absolute atomic E-state index is 0.0232. The third kappa shape index (κ3) is 3.82. The maximum absolute atomic E-state index is 12.2. The van der Waals surface area contributed by atoms with Crippen LogP contribution in [0.1, 0.15) is 26.7 Å². The fourth-order valence-corrected chi connectivity index (χ4v) is 2.57. The van der Waals surface area contributed by atoms with Crippen LogP contribution in [0.3, 0.4) is 0 Å². The summed E-state index contributed by atoms with van der Waals surface area (Å²) in [5.41, 5.74) is 0. The second-order valence-corrected chi connectivity index (χ2v) is 5.44. The summed E-state index contributed by atoms with van der Waals surface area (Å²) in [4.78, 5) is 25.4. The molecule has 2 heterocycles. The van der Waals surface area contributed by atoms with Crippen molar-refractivity contribution in [1.29, 1.82) is 0 Å². The number of nitrogens with zero attached hydrogens (tertiary/aromatic N) is 3. The Balaban J connectivity index is 1.83. The fourth-order valence-electron chi connectivity index (χ4n) is 2.57. The van der Waals surface area contributed by atoms with Gasteiger partial charge in [-0.1, -0.05) is 0 Å². The maximum Gasteiger partial charge on any atom is 0.225 e. The molecule has 1 saturated heterocycles. The van der Waals surface area contributed by atoms with Gasteiger partial charge in [0.2, 0.25) is 11.8 Å². The van der Waals surface area contributed by atoms with Gasteiger partial charge in [-0.3, -0.25) is 14.3 Å². The molecule has 2 atom stereocenters. The first-order valence-corrected chi connectivity index (χ1v) is 7.09. The molecule has 0 spiro atoms. The topological polar surface area (TPSA) is 67.2 Å². The molecular weight excluding hydrogens is 256 g/mol. The number of aromatic nitrogens is 2. The van der Waals surface area contributed by atoms with Gasteiger partial charge in [0.25, 0.3) is 0 Å². The standard InChI is InChI=1S/C14H22N4O2/c1-11(9-18-8-4-6-15-18)16-14(20)13-5-3-7-17(10-13)12(2)19/h4,6,8,11,13H,3,5,7,9-10H2,1-2H3,(H,16,20). The molecule has 0 radical (unpaired) electrons. The second-order valence-electron chi connectivity index (χ2n) is 5.44. The molecule has 1 aliphatic rings. The van der Waals surface area contributed by atoms with Gasteiger partial charge in [0, 0.05) is 38.4 Å². The minimum atomic E-state index is -0.0901. The predicted molar refractivity (Wildman–Crippen MR) is 74.8 cm³/mol. The number of rotatable bonds is 4. The number of piperidine rings is 1. The van der Waals surface area contributed by atoms with E-state index < -0.39 is 0 Å². The molecular formula is C14H22N4O2. The molecule has 1 aromatic rings. The largest absolute Gasteiger partial charge is 0.351 e. The van der Waals surface area contributed by atoms with E-state index in [2.05, 4.69) is 10.4 Å². The molecule has 6 nitrogen and oxygen atoms in total. The summed E-state index contributed by atoms with van der Waals surface area (Å²) >= 11 is 0. The predicted octanol–water partition coefficient (Wildman–Crippen LogP) is 0.646. The van der Waals surface area contributed by atoms with E-state index >= 15 is 0 Å². The van der Waals surface area contributed by atoms with Gasteiger partial charge in [-0.25, -0.2) is 0 Å². The van der Waals surface area contributed by atoms with Crippen molar-refractivity contribution in [2.75, 3.05) is 13.1 Å². The van der Waals surface area contributed by atoms with Gasteiger partial charge < -0.3 is 10.2 Å². The monoisotopic (exact) mass is 278 g/mol. The summed E-state index contributed by atoms with van der Waals surface area (Å²) in [5.74, 6) is -0.00424. The average Bonchev–Trinajstić information content (AvgIpc) is 2.91. The van der Waals surface area contributed by atoms with Crippen LogP contribution in [0, 0.1) is 5.92 Å². The second kappa shape index (κ2) is 6.54. The number of carbonyl (C=O) groups excluding carboxylic acids is 2.